The van der Waals surface area contributed by atoms with Gasteiger partial charge in [0, 0.05) is 24.0 Å². The molecule has 6 heteroatoms. The standard InChI is InChI=1S/C16H19N5O/c1-10-7-5-6-8-14(10)20-16(19-13(4)22)21-15-17-11(2)9-12(3)18-15/h5-9H,1-4H3,(H2,17,18,19,20,21,22). The lowest BCUT2D eigenvalue weighted by molar-refractivity contribution is -0.117. The largest absolute Gasteiger partial charge is 0.325 e. The fourth-order valence-corrected chi connectivity index (χ4v) is 1.95. The van der Waals surface area contributed by atoms with Gasteiger partial charge in [-0.1, -0.05) is 18.2 Å². The molecular weight excluding hydrogens is 278 g/mol. The highest BCUT2D eigenvalue weighted by atomic mass is 16.1. The lowest BCUT2D eigenvalue weighted by Gasteiger charge is -2.12. The number of guanidine groups is 1. The minimum Gasteiger partial charge on any atom is -0.325 e. The van der Waals surface area contributed by atoms with Crippen LogP contribution in [0.5, 0.6) is 0 Å². The molecule has 2 rings (SSSR count). The number of amides is 1. The van der Waals surface area contributed by atoms with Gasteiger partial charge >= 0.3 is 0 Å². The summed E-state index contributed by atoms with van der Waals surface area (Å²) in [6, 6.07) is 9.61. The molecule has 1 aromatic carbocycles. The molecule has 0 unspecified atom stereocenters. The van der Waals surface area contributed by atoms with Crippen molar-refractivity contribution in [2.75, 3.05) is 5.32 Å². The average molecular weight is 297 g/mol. The molecule has 0 fully saturated rings. The van der Waals surface area contributed by atoms with E-state index in [9.17, 15) is 4.79 Å². The van der Waals surface area contributed by atoms with E-state index in [0.717, 1.165) is 22.6 Å². The average Bonchev–Trinajstić information content (AvgIpc) is 2.39. The van der Waals surface area contributed by atoms with Crippen LogP contribution in [0.1, 0.15) is 23.9 Å². The number of carbonyl (C=O) groups excluding carboxylic acids is 1. The maximum Gasteiger partial charge on any atom is 0.253 e. The first-order chi connectivity index (χ1) is 10.4. The Bertz CT molecular complexity index is 704. The molecule has 114 valence electrons. The van der Waals surface area contributed by atoms with Gasteiger partial charge in [-0.15, -0.1) is 0 Å². The molecule has 0 aliphatic rings. The van der Waals surface area contributed by atoms with Gasteiger partial charge in [0.1, 0.15) is 0 Å². The number of anilines is 1. The van der Waals surface area contributed by atoms with Crippen molar-refractivity contribution >= 4 is 23.5 Å². The van der Waals surface area contributed by atoms with Gasteiger partial charge in [-0.3, -0.25) is 10.1 Å². The minimum absolute atomic E-state index is 0.218. The number of para-hydroxylation sites is 1. The fourth-order valence-electron chi connectivity index (χ4n) is 1.95. The topological polar surface area (TPSA) is 79.3 Å². The van der Waals surface area contributed by atoms with E-state index in [2.05, 4.69) is 25.6 Å². The van der Waals surface area contributed by atoms with Gasteiger partial charge in [0.15, 0.2) is 0 Å². The smallest absolute Gasteiger partial charge is 0.253 e. The molecule has 1 aromatic heterocycles. The molecule has 0 saturated carbocycles. The summed E-state index contributed by atoms with van der Waals surface area (Å²) < 4.78 is 0. The lowest BCUT2D eigenvalue weighted by Crippen LogP contribution is -2.34. The molecule has 0 aliphatic carbocycles. The van der Waals surface area contributed by atoms with E-state index in [1.54, 1.807) is 0 Å². The first-order valence-corrected chi connectivity index (χ1v) is 6.95. The third-order valence-corrected chi connectivity index (χ3v) is 2.87. The third-order valence-electron chi connectivity index (χ3n) is 2.87. The molecule has 2 aromatic rings. The number of hydrogen-bond donors (Lipinski definition) is 2. The number of carbonyl (C=O) groups is 1. The van der Waals surface area contributed by atoms with E-state index in [1.807, 2.05) is 51.1 Å². The van der Waals surface area contributed by atoms with E-state index in [0.29, 0.717) is 11.9 Å². The van der Waals surface area contributed by atoms with Crippen molar-refractivity contribution in [2.24, 2.45) is 4.99 Å². The second-order valence-electron chi connectivity index (χ2n) is 5.03. The third kappa shape index (κ3) is 4.37. The van der Waals surface area contributed by atoms with E-state index in [1.165, 1.54) is 6.92 Å². The van der Waals surface area contributed by atoms with Crippen LogP contribution in [0.4, 0.5) is 11.6 Å². The second-order valence-corrected chi connectivity index (χ2v) is 5.03. The predicted octanol–water partition coefficient (Wildman–Crippen LogP) is 2.64. The van der Waals surface area contributed by atoms with Crippen LogP contribution in [0.3, 0.4) is 0 Å². The van der Waals surface area contributed by atoms with Crippen molar-refractivity contribution in [3.05, 3.63) is 47.3 Å². The van der Waals surface area contributed by atoms with E-state index >= 15 is 0 Å². The van der Waals surface area contributed by atoms with Gasteiger partial charge in [0.05, 0.1) is 0 Å². The Labute approximate surface area is 129 Å². The van der Waals surface area contributed by atoms with Gasteiger partial charge in [0.2, 0.25) is 11.9 Å². The molecule has 22 heavy (non-hydrogen) atoms. The SMILES string of the molecule is CC(=O)N/C(=N\c1nc(C)cc(C)n1)Nc1ccccc1C. The summed E-state index contributed by atoms with van der Waals surface area (Å²) in [7, 11) is 0. The van der Waals surface area contributed by atoms with E-state index < -0.39 is 0 Å². The van der Waals surface area contributed by atoms with Crippen LogP contribution in [0.25, 0.3) is 0 Å². The maximum atomic E-state index is 11.4. The quantitative estimate of drug-likeness (QED) is 0.659. The number of nitrogens with zero attached hydrogens (tertiary/aromatic N) is 3. The summed E-state index contributed by atoms with van der Waals surface area (Å²) in [6.07, 6.45) is 0. The molecular formula is C16H19N5O. The monoisotopic (exact) mass is 297 g/mol. The van der Waals surface area contributed by atoms with Crippen molar-refractivity contribution in [1.82, 2.24) is 15.3 Å². The van der Waals surface area contributed by atoms with Crippen LogP contribution in [0.2, 0.25) is 0 Å². The van der Waals surface area contributed by atoms with E-state index in [-0.39, 0.29) is 5.91 Å². The van der Waals surface area contributed by atoms with Crippen LogP contribution in [0.15, 0.2) is 35.3 Å². The minimum atomic E-state index is -0.218. The van der Waals surface area contributed by atoms with Crippen molar-refractivity contribution in [2.45, 2.75) is 27.7 Å². The Hall–Kier alpha value is -2.76. The summed E-state index contributed by atoms with van der Waals surface area (Å²) in [5.41, 5.74) is 3.55. The Kier molecular flexibility index (Phi) is 4.83. The Morgan fingerprint density at radius 2 is 1.73 bits per heavy atom. The predicted molar refractivity (Wildman–Crippen MR) is 87.2 cm³/mol. The van der Waals surface area contributed by atoms with Crippen molar-refractivity contribution in [1.29, 1.82) is 0 Å². The number of aliphatic imine (C=N–C) groups is 1. The van der Waals surface area contributed by atoms with E-state index in [4.69, 9.17) is 0 Å². The van der Waals surface area contributed by atoms with Crippen molar-refractivity contribution in [3.8, 4) is 0 Å². The molecule has 0 saturated heterocycles. The number of nitrogens with one attached hydrogen (secondary N) is 2. The molecule has 0 atom stereocenters. The summed E-state index contributed by atoms with van der Waals surface area (Å²) in [5, 5.41) is 5.77. The summed E-state index contributed by atoms with van der Waals surface area (Å²) in [6.45, 7) is 7.15. The van der Waals surface area contributed by atoms with Crippen LogP contribution in [-0.2, 0) is 4.79 Å². The van der Waals surface area contributed by atoms with Crippen molar-refractivity contribution < 1.29 is 4.79 Å². The summed E-state index contributed by atoms with van der Waals surface area (Å²) in [4.78, 5) is 24.2. The molecule has 6 nitrogen and oxygen atoms in total. The molecule has 0 bridgehead atoms. The van der Waals surface area contributed by atoms with Gasteiger partial charge < -0.3 is 5.32 Å². The molecule has 1 amide bonds. The number of aromatic nitrogens is 2. The molecule has 0 spiro atoms. The van der Waals surface area contributed by atoms with Gasteiger partial charge in [-0.25, -0.2) is 9.97 Å². The van der Waals surface area contributed by atoms with Crippen LogP contribution in [0, 0.1) is 20.8 Å². The van der Waals surface area contributed by atoms with Crippen molar-refractivity contribution in [3.63, 3.8) is 0 Å². The zero-order valence-corrected chi connectivity index (χ0v) is 13.1. The maximum absolute atomic E-state index is 11.4. The molecule has 0 aliphatic heterocycles. The first kappa shape index (κ1) is 15.6. The zero-order chi connectivity index (χ0) is 16.1. The second kappa shape index (κ2) is 6.80. The highest BCUT2D eigenvalue weighted by Gasteiger charge is 2.07. The Morgan fingerprint density at radius 1 is 1.09 bits per heavy atom. The summed E-state index contributed by atoms with van der Waals surface area (Å²) in [5.74, 6) is 0.387. The van der Waals surface area contributed by atoms with Gasteiger partial charge in [0.25, 0.3) is 5.95 Å². The Morgan fingerprint density at radius 3 is 2.32 bits per heavy atom. The molecule has 0 radical (unpaired) electrons. The highest BCUT2D eigenvalue weighted by molar-refractivity contribution is 6.04. The zero-order valence-electron chi connectivity index (χ0n) is 13.1. The number of aryl methyl sites for hydroxylation is 3. The van der Waals surface area contributed by atoms with Gasteiger partial charge in [-0.05, 0) is 38.5 Å². The number of rotatable bonds is 2. The number of hydrogen-bond acceptors (Lipinski definition) is 4. The van der Waals surface area contributed by atoms with Crippen LogP contribution in [-0.4, -0.2) is 21.8 Å². The highest BCUT2D eigenvalue weighted by Crippen LogP contribution is 2.14. The van der Waals surface area contributed by atoms with Crippen LogP contribution < -0.4 is 10.6 Å². The number of benzene rings is 1. The first-order valence-electron chi connectivity index (χ1n) is 6.95. The Balaban J connectivity index is 2.35. The lowest BCUT2D eigenvalue weighted by atomic mass is 10.2. The van der Waals surface area contributed by atoms with Crippen LogP contribution >= 0.6 is 0 Å². The van der Waals surface area contributed by atoms with Gasteiger partial charge in [-0.2, -0.15) is 4.99 Å². The normalized spacial score (nSPS) is 11.2. The fraction of sp³-hybridized carbons (Fsp3) is 0.250. The summed E-state index contributed by atoms with van der Waals surface area (Å²) >= 11 is 0. The molecule has 1 heterocycles. The molecule has 2 N–H and O–H groups in total.